The summed E-state index contributed by atoms with van der Waals surface area (Å²) in [6.07, 6.45) is 6.38. The van der Waals surface area contributed by atoms with E-state index in [1.54, 1.807) is 24.3 Å². The molecule has 0 saturated heterocycles. The van der Waals surface area contributed by atoms with E-state index in [-0.39, 0.29) is 24.4 Å². The lowest BCUT2D eigenvalue weighted by Gasteiger charge is -2.30. The van der Waals surface area contributed by atoms with Crippen LogP contribution in [0, 0.1) is 5.92 Å². The first kappa shape index (κ1) is 18.8. The molecule has 5 heteroatoms. The Morgan fingerprint density at radius 1 is 1.27 bits per heavy atom. The molecule has 1 aliphatic carbocycles. The highest BCUT2D eigenvalue weighted by atomic mass is 35.5. The molecule has 0 radical (unpaired) electrons. The van der Waals surface area contributed by atoms with E-state index in [0.29, 0.717) is 23.8 Å². The molecule has 1 unspecified atom stereocenters. The summed E-state index contributed by atoms with van der Waals surface area (Å²) in [7, 11) is 0. The van der Waals surface area contributed by atoms with Crippen molar-refractivity contribution >= 4 is 24.1 Å². The monoisotopic (exact) mass is 326 g/mol. The summed E-state index contributed by atoms with van der Waals surface area (Å²) in [6, 6.07) is 7.13. The topological polar surface area (TPSA) is 64.3 Å². The van der Waals surface area contributed by atoms with Gasteiger partial charge in [-0.05, 0) is 49.6 Å². The summed E-state index contributed by atoms with van der Waals surface area (Å²) >= 11 is 0. The highest BCUT2D eigenvalue weighted by Gasteiger charge is 2.24. The lowest BCUT2D eigenvalue weighted by Crippen LogP contribution is -2.41. The van der Waals surface area contributed by atoms with Crippen molar-refractivity contribution in [2.75, 3.05) is 18.9 Å². The fraction of sp³-hybridized carbons (Fsp3) is 0.588. The smallest absolute Gasteiger partial charge is 0.338 e. The largest absolute Gasteiger partial charge is 0.460 e. The number of likely N-dealkylation sites (N-methyl/N-ethyl adjacent to an activating group) is 1. The molecule has 0 bridgehead atoms. The Morgan fingerprint density at radius 2 is 1.91 bits per heavy atom. The molecule has 0 amide bonds. The van der Waals surface area contributed by atoms with Crippen LogP contribution in [-0.4, -0.2) is 25.2 Å². The van der Waals surface area contributed by atoms with Gasteiger partial charge in [0.25, 0.3) is 0 Å². The van der Waals surface area contributed by atoms with Gasteiger partial charge >= 0.3 is 5.97 Å². The first-order valence-electron chi connectivity index (χ1n) is 7.96. The maximum absolute atomic E-state index is 12.1. The van der Waals surface area contributed by atoms with Gasteiger partial charge in [-0.25, -0.2) is 4.79 Å². The number of nitrogen functional groups attached to an aromatic ring is 1. The van der Waals surface area contributed by atoms with Crippen molar-refractivity contribution in [3.05, 3.63) is 29.8 Å². The van der Waals surface area contributed by atoms with E-state index in [9.17, 15) is 4.79 Å². The van der Waals surface area contributed by atoms with E-state index in [1.165, 1.54) is 32.1 Å². The van der Waals surface area contributed by atoms with Crippen LogP contribution in [0.25, 0.3) is 0 Å². The zero-order valence-corrected chi connectivity index (χ0v) is 14.0. The van der Waals surface area contributed by atoms with Crippen molar-refractivity contribution in [2.45, 2.75) is 45.1 Å². The molecule has 2 rings (SSSR count). The number of rotatable bonds is 6. The average molecular weight is 327 g/mol. The van der Waals surface area contributed by atoms with Crippen molar-refractivity contribution in [1.29, 1.82) is 0 Å². The van der Waals surface area contributed by atoms with Crippen molar-refractivity contribution in [2.24, 2.45) is 5.92 Å². The Kier molecular flexibility index (Phi) is 8.28. The third-order valence-corrected chi connectivity index (χ3v) is 4.23. The van der Waals surface area contributed by atoms with E-state index in [2.05, 4.69) is 12.2 Å². The van der Waals surface area contributed by atoms with Crippen molar-refractivity contribution in [3.8, 4) is 0 Å². The Hall–Kier alpha value is -1.26. The van der Waals surface area contributed by atoms with Crippen molar-refractivity contribution < 1.29 is 9.53 Å². The Bertz CT molecular complexity index is 444. The summed E-state index contributed by atoms with van der Waals surface area (Å²) in [6.45, 7) is 3.44. The van der Waals surface area contributed by atoms with E-state index in [1.807, 2.05) is 0 Å². The Balaban J connectivity index is 0.00000242. The first-order chi connectivity index (χ1) is 10.2. The molecule has 0 heterocycles. The summed E-state index contributed by atoms with van der Waals surface area (Å²) in [5, 5.41) is 3.47. The number of carbonyl (C=O) groups excluding carboxylic acids is 1. The summed E-state index contributed by atoms with van der Waals surface area (Å²) < 4.78 is 5.49. The molecule has 22 heavy (non-hydrogen) atoms. The molecule has 1 aromatic carbocycles. The quantitative estimate of drug-likeness (QED) is 0.621. The minimum atomic E-state index is -0.270. The van der Waals surface area contributed by atoms with Gasteiger partial charge in [-0.3, -0.25) is 0 Å². The molecule has 1 fully saturated rings. The van der Waals surface area contributed by atoms with Crippen LogP contribution in [0.15, 0.2) is 24.3 Å². The zero-order valence-electron chi connectivity index (χ0n) is 13.2. The lowest BCUT2D eigenvalue weighted by atomic mass is 9.84. The third-order valence-electron chi connectivity index (χ3n) is 4.23. The van der Waals surface area contributed by atoms with Crippen LogP contribution in [-0.2, 0) is 4.74 Å². The molecule has 1 aromatic rings. The summed E-state index contributed by atoms with van der Waals surface area (Å²) in [5.41, 5.74) is 6.83. The van der Waals surface area contributed by atoms with Gasteiger partial charge in [-0.1, -0.05) is 26.2 Å². The van der Waals surface area contributed by atoms with Crippen LogP contribution in [0.3, 0.4) is 0 Å². The number of hydrogen-bond donors (Lipinski definition) is 2. The van der Waals surface area contributed by atoms with Gasteiger partial charge < -0.3 is 15.8 Å². The molecule has 3 N–H and O–H groups in total. The number of nitrogens with one attached hydrogen (secondary N) is 1. The van der Waals surface area contributed by atoms with Crippen molar-refractivity contribution in [1.82, 2.24) is 5.32 Å². The Morgan fingerprint density at radius 3 is 2.50 bits per heavy atom. The third kappa shape index (κ3) is 5.50. The normalized spacial score (nSPS) is 16.6. The number of ether oxygens (including phenoxy) is 1. The predicted octanol–water partition coefficient (Wildman–Crippen LogP) is 3.41. The molecule has 1 atom stereocenters. The lowest BCUT2D eigenvalue weighted by molar-refractivity contribution is 0.0416. The number of halogens is 1. The SMILES string of the molecule is CCNC(COC(=O)c1ccc(N)cc1)C1CCCCC1.Cl. The van der Waals surface area contributed by atoms with Gasteiger partial charge in [-0.2, -0.15) is 0 Å². The van der Waals surface area contributed by atoms with Gasteiger partial charge in [0.1, 0.15) is 6.61 Å². The van der Waals surface area contributed by atoms with Crippen molar-refractivity contribution in [3.63, 3.8) is 0 Å². The molecule has 0 spiro atoms. The summed E-state index contributed by atoms with van der Waals surface area (Å²) in [4.78, 5) is 12.1. The number of anilines is 1. The fourth-order valence-electron chi connectivity index (χ4n) is 3.03. The van der Waals surface area contributed by atoms with Gasteiger partial charge in [0.15, 0.2) is 0 Å². The van der Waals surface area contributed by atoms with Gasteiger partial charge in [0, 0.05) is 11.7 Å². The standard InChI is InChI=1S/C17H26N2O2.ClH/c1-2-19-16(13-6-4-3-5-7-13)12-21-17(20)14-8-10-15(18)11-9-14;/h8-11,13,16,19H,2-7,12,18H2,1H3;1H. The number of esters is 1. The predicted molar refractivity (Wildman–Crippen MR) is 92.4 cm³/mol. The number of nitrogens with two attached hydrogens (primary N) is 1. The highest BCUT2D eigenvalue weighted by Crippen LogP contribution is 2.26. The number of carbonyl (C=O) groups is 1. The summed E-state index contributed by atoms with van der Waals surface area (Å²) in [5.74, 6) is 0.353. The first-order valence-corrected chi connectivity index (χ1v) is 7.96. The molecular weight excluding hydrogens is 300 g/mol. The van der Waals surface area contributed by atoms with E-state index in [0.717, 1.165) is 6.54 Å². The van der Waals surface area contributed by atoms with Gasteiger partial charge in [0.05, 0.1) is 5.56 Å². The van der Waals surface area contributed by atoms with E-state index < -0.39 is 0 Å². The van der Waals surface area contributed by atoms with Gasteiger partial charge in [-0.15, -0.1) is 12.4 Å². The highest BCUT2D eigenvalue weighted by molar-refractivity contribution is 5.89. The fourth-order valence-corrected chi connectivity index (χ4v) is 3.03. The van der Waals surface area contributed by atoms with Crippen LogP contribution in [0.2, 0.25) is 0 Å². The molecule has 0 aromatic heterocycles. The van der Waals surface area contributed by atoms with E-state index in [4.69, 9.17) is 10.5 Å². The minimum absolute atomic E-state index is 0. The van der Waals surface area contributed by atoms with Gasteiger partial charge in [0.2, 0.25) is 0 Å². The van der Waals surface area contributed by atoms with E-state index >= 15 is 0 Å². The molecule has 1 aliphatic rings. The van der Waals surface area contributed by atoms with Crippen LogP contribution in [0.5, 0.6) is 0 Å². The van der Waals surface area contributed by atoms with Crippen LogP contribution >= 0.6 is 12.4 Å². The molecular formula is C17H27ClN2O2. The zero-order chi connectivity index (χ0) is 15.1. The van der Waals surface area contributed by atoms with Crippen LogP contribution < -0.4 is 11.1 Å². The molecule has 124 valence electrons. The second-order valence-corrected chi connectivity index (χ2v) is 5.78. The molecule has 1 saturated carbocycles. The maximum atomic E-state index is 12.1. The molecule has 4 nitrogen and oxygen atoms in total. The Labute approximate surface area is 139 Å². The average Bonchev–Trinajstić information content (AvgIpc) is 2.52. The second-order valence-electron chi connectivity index (χ2n) is 5.78. The second kappa shape index (κ2) is 9.70. The molecule has 0 aliphatic heterocycles. The minimum Gasteiger partial charge on any atom is -0.460 e. The number of hydrogen-bond acceptors (Lipinski definition) is 4. The maximum Gasteiger partial charge on any atom is 0.338 e. The van der Waals surface area contributed by atoms with Crippen LogP contribution in [0.1, 0.15) is 49.4 Å². The number of benzene rings is 1. The van der Waals surface area contributed by atoms with Crippen LogP contribution in [0.4, 0.5) is 5.69 Å².